The van der Waals surface area contributed by atoms with Crippen molar-refractivity contribution in [2.45, 2.75) is 51.1 Å². The number of nitrogens with one attached hydrogen (secondary N) is 2. The lowest BCUT2D eigenvalue weighted by atomic mass is 9.99. The normalized spacial score (nSPS) is 19.6. The van der Waals surface area contributed by atoms with E-state index in [-0.39, 0.29) is 24.4 Å². The number of rotatable bonds is 6. The van der Waals surface area contributed by atoms with Crippen LogP contribution in [0.2, 0.25) is 5.02 Å². The lowest BCUT2D eigenvalue weighted by Gasteiger charge is -2.30. The van der Waals surface area contributed by atoms with Gasteiger partial charge in [0.15, 0.2) is 0 Å². The van der Waals surface area contributed by atoms with E-state index in [9.17, 15) is 4.79 Å². The number of piperidine rings is 1. The molecule has 1 fully saturated rings. The largest absolute Gasteiger partial charge is 0.352 e. The number of aryl methyl sites for hydroxylation is 1. The second kappa shape index (κ2) is 9.90. The van der Waals surface area contributed by atoms with Crippen molar-refractivity contribution in [3.63, 3.8) is 0 Å². The van der Waals surface area contributed by atoms with Crippen LogP contribution in [0.5, 0.6) is 0 Å². The van der Waals surface area contributed by atoms with Gasteiger partial charge in [-0.25, -0.2) is 0 Å². The average molecular weight is 399 g/mol. The number of hydrogen-bond acceptors (Lipinski definition) is 5. The zero-order valence-electron chi connectivity index (χ0n) is 14.7. The van der Waals surface area contributed by atoms with Gasteiger partial charge in [0.05, 0.1) is 0 Å². The molecule has 0 saturated carbocycles. The number of nitrogens with zero attached hydrogens (tertiary/aromatic N) is 2. The Morgan fingerprint density at radius 3 is 2.88 bits per heavy atom. The van der Waals surface area contributed by atoms with E-state index in [0.29, 0.717) is 42.0 Å². The predicted molar refractivity (Wildman–Crippen MR) is 104 cm³/mol. The van der Waals surface area contributed by atoms with Gasteiger partial charge in [-0.05, 0) is 57.0 Å². The van der Waals surface area contributed by atoms with E-state index >= 15 is 0 Å². The summed E-state index contributed by atoms with van der Waals surface area (Å²) in [7, 11) is 0. The topological polar surface area (TPSA) is 80.0 Å². The molecule has 1 saturated heterocycles. The van der Waals surface area contributed by atoms with E-state index in [4.69, 9.17) is 16.1 Å². The van der Waals surface area contributed by atoms with Gasteiger partial charge in [0.1, 0.15) is 0 Å². The van der Waals surface area contributed by atoms with Gasteiger partial charge in [0.25, 0.3) is 0 Å². The summed E-state index contributed by atoms with van der Waals surface area (Å²) in [5.74, 6) is 1.17. The zero-order valence-corrected chi connectivity index (χ0v) is 16.3. The third-order valence-corrected chi connectivity index (χ3v) is 4.73. The van der Waals surface area contributed by atoms with Crippen LogP contribution in [0, 0.1) is 0 Å². The Labute approximate surface area is 164 Å². The molecule has 1 aromatic carbocycles. The molecular weight excluding hydrogens is 375 g/mol. The summed E-state index contributed by atoms with van der Waals surface area (Å²) in [4.78, 5) is 16.5. The molecule has 2 N–H and O–H groups in total. The molecule has 0 spiro atoms. The fourth-order valence-corrected chi connectivity index (χ4v) is 3.12. The van der Waals surface area contributed by atoms with Crippen LogP contribution in [0.15, 0.2) is 28.8 Å². The molecule has 142 valence electrons. The average Bonchev–Trinajstić information content (AvgIpc) is 3.06. The minimum atomic E-state index is 0. The molecule has 2 heterocycles. The van der Waals surface area contributed by atoms with E-state index in [1.54, 1.807) is 12.1 Å². The molecule has 1 aromatic heterocycles. The second-order valence-electron chi connectivity index (χ2n) is 6.43. The first-order valence-corrected chi connectivity index (χ1v) is 9.11. The Bertz CT molecular complexity index is 705. The number of amides is 1. The Hall–Kier alpha value is -1.63. The third-order valence-electron chi connectivity index (χ3n) is 4.47. The van der Waals surface area contributed by atoms with E-state index in [1.165, 1.54) is 0 Å². The maximum atomic E-state index is 12.1. The molecule has 2 unspecified atom stereocenters. The molecule has 0 radical (unpaired) electrons. The van der Waals surface area contributed by atoms with E-state index < -0.39 is 0 Å². The van der Waals surface area contributed by atoms with Crippen molar-refractivity contribution in [2.75, 3.05) is 6.54 Å². The van der Waals surface area contributed by atoms with Crippen LogP contribution in [-0.2, 0) is 11.2 Å². The number of halogens is 2. The molecule has 1 aliphatic heterocycles. The van der Waals surface area contributed by atoms with Gasteiger partial charge in [-0.2, -0.15) is 4.98 Å². The highest BCUT2D eigenvalue weighted by Crippen LogP contribution is 2.19. The van der Waals surface area contributed by atoms with E-state index in [0.717, 1.165) is 24.9 Å². The highest BCUT2D eigenvalue weighted by molar-refractivity contribution is 6.30. The minimum absolute atomic E-state index is 0. The number of carbonyl (C=O) groups is 1. The molecule has 2 atom stereocenters. The first kappa shape index (κ1) is 20.7. The van der Waals surface area contributed by atoms with Crippen LogP contribution in [-0.4, -0.2) is 34.7 Å². The standard InChI is InChI=1S/C18H23ClN4O2.ClH/c1-12-15(4-3-11-20-12)21-16(24)5-2-6-17-22-18(23-25-17)13-7-9-14(19)10-8-13;/h7-10,12,15,20H,2-6,11H2,1H3,(H,21,24);1H. The zero-order chi connectivity index (χ0) is 17.6. The summed E-state index contributed by atoms with van der Waals surface area (Å²) in [5, 5.41) is 11.1. The van der Waals surface area contributed by atoms with Gasteiger partial charge in [-0.1, -0.05) is 16.8 Å². The van der Waals surface area contributed by atoms with E-state index in [1.807, 2.05) is 12.1 Å². The molecule has 0 aliphatic carbocycles. The molecule has 1 amide bonds. The Balaban J connectivity index is 0.00000243. The molecule has 8 heteroatoms. The summed E-state index contributed by atoms with van der Waals surface area (Å²) in [5.41, 5.74) is 0.857. The van der Waals surface area contributed by atoms with Crippen molar-refractivity contribution in [1.29, 1.82) is 0 Å². The molecule has 6 nitrogen and oxygen atoms in total. The molecule has 1 aliphatic rings. The maximum Gasteiger partial charge on any atom is 0.226 e. The van der Waals surface area contributed by atoms with Crippen LogP contribution in [0.1, 0.15) is 38.5 Å². The van der Waals surface area contributed by atoms with Crippen molar-refractivity contribution >= 4 is 29.9 Å². The summed E-state index contributed by atoms with van der Waals surface area (Å²) in [6.07, 6.45) is 3.87. The summed E-state index contributed by atoms with van der Waals surface area (Å²) >= 11 is 5.88. The monoisotopic (exact) mass is 398 g/mol. The van der Waals surface area contributed by atoms with Crippen molar-refractivity contribution in [2.24, 2.45) is 0 Å². The second-order valence-corrected chi connectivity index (χ2v) is 6.87. The molecular formula is C18H24Cl2N4O2. The Morgan fingerprint density at radius 1 is 1.38 bits per heavy atom. The van der Waals surface area contributed by atoms with Crippen LogP contribution in [0.3, 0.4) is 0 Å². The number of hydrogen-bond donors (Lipinski definition) is 2. The third kappa shape index (κ3) is 5.69. The summed E-state index contributed by atoms with van der Waals surface area (Å²) < 4.78 is 5.26. The fraction of sp³-hybridized carbons (Fsp3) is 0.500. The van der Waals surface area contributed by atoms with E-state index in [2.05, 4.69) is 27.7 Å². The lowest BCUT2D eigenvalue weighted by molar-refractivity contribution is -0.122. The van der Waals surface area contributed by atoms with Crippen molar-refractivity contribution in [3.8, 4) is 11.4 Å². The molecule has 26 heavy (non-hydrogen) atoms. The summed E-state index contributed by atoms with van der Waals surface area (Å²) in [6.45, 7) is 3.14. The van der Waals surface area contributed by atoms with Crippen molar-refractivity contribution in [3.05, 3.63) is 35.2 Å². The Kier molecular flexibility index (Phi) is 7.87. The van der Waals surface area contributed by atoms with Crippen molar-refractivity contribution < 1.29 is 9.32 Å². The van der Waals surface area contributed by atoms with Crippen LogP contribution in [0.25, 0.3) is 11.4 Å². The fourth-order valence-electron chi connectivity index (χ4n) is 2.99. The van der Waals surface area contributed by atoms with Gasteiger partial charge >= 0.3 is 0 Å². The Morgan fingerprint density at radius 2 is 2.15 bits per heavy atom. The molecule has 3 rings (SSSR count). The first-order valence-electron chi connectivity index (χ1n) is 8.73. The number of benzene rings is 1. The predicted octanol–water partition coefficient (Wildman–Crippen LogP) is 3.39. The molecule has 2 aromatic rings. The quantitative estimate of drug-likeness (QED) is 0.779. The van der Waals surface area contributed by atoms with Gasteiger partial charge in [0, 0.05) is 35.5 Å². The number of aromatic nitrogens is 2. The van der Waals surface area contributed by atoms with Gasteiger partial charge in [-0.3, -0.25) is 4.79 Å². The smallest absolute Gasteiger partial charge is 0.226 e. The van der Waals surface area contributed by atoms with Crippen LogP contribution in [0.4, 0.5) is 0 Å². The van der Waals surface area contributed by atoms with Gasteiger partial charge < -0.3 is 15.2 Å². The highest BCUT2D eigenvalue weighted by atomic mass is 35.5. The molecule has 0 bridgehead atoms. The van der Waals surface area contributed by atoms with Crippen molar-refractivity contribution in [1.82, 2.24) is 20.8 Å². The van der Waals surface area contributed by atoms with Gasteiger partial charge in [0.2, 0.25) is 17.6 Å². The summed E-state index contributed by atoms with van der Waals surface area (Å²) in [6, 6.07) is 7.83. The highest BCUT2D eigenvalue weighted by Gasteiger charge is 2.22. The first-order chi connectivity index (χ1) is 12.1. The lowest BCUT2D eigenvalue weighted by Crippen LogP contribution is -2.51. The van der Waals surface area contributed by atoms with Crippen LogP contribution < -0.4 is 10.6 Å². The minimum Gasteiger partial charge on any atom is -0.352 e. The van der Waals surface area contributed by atoms with Gasteiger partial charge in [-0.15, -0.1) is 12.4 Å². The van der Waals surface area contributed by atoms with Crippen LogP contribution >= 0.6 is 24.0 Å². The SMILES string of the molecule is CC1NCCCC1NC(=O)CCCc1nc(-c2ccc(Cl)cc2)no1.Cl. The maximum absolute atomic E-state index is 12.1. The number of carbonyl (C=O) groups excluding carboxylic acids is 1.